The topological polar surface area (TPSA) is 88.4 Å². The van der Waals surface area contributed by atoms with Crippen LogP contribution >= 0.6 is 56.5 Å². The van der Waals surface area contributed by atoms with E-state index < -0.39 is 12.0 Å². The maximum absolute atomic E-state index is 13.8. The molecule has 11 heteroatoms. The number of hydrogen-bond acceptors (Lipinski definition) is 8. The molecule has 5 rings (SSSR count). The number of ether oxygens (including phenoxy) is 4. The lowest BCUT2D eigenvalue weighted by atomic mass is 9.95. The Balaban J connectivity index is 1.75. The second-order valence-electron chi connectivity index (χ2n) is 7.93. The van der Waals surface area contributed by atoms with Crippen LogP contribution in [0.1, 0.15) is 31.0 Å². The van der Waals surface area contributed by atoms with Gasteiger partial charge in [-0.25, -0.2) is 9.79 Å². The van der Waals surface area contributed by atoms with Crippen LogP contribution < -0.4 is 29.1 Å². The van der Waals surface area contributed by atoms with Crippen molar-refractivity contribution in [3.63, 3.8) is 0 Å². The summed E-state index contributed by atoms with van der Waals surface area (Å²) in [4.78, 5) is 32.0. The van der Waals surface area contributed by atoms with Gasteiger partial charge in [-0.05, 0) is 94.9 Å². The maximum atomic E-state index is 13.8. The van der Waals surface area contributed by atoms with E-state index in [0.717, 1.165) is 12.7 Å². The minimum absolute atomic E-state index is 0.123. The number of thiazole rings is 1. The van der Waals surface area contributed by atoms with Crippen molar-refractivity contribution < 1.29 is 23.7 Å². The molecule has 2 aromatic carbocycles. The van der Waals surface area contributed by atoms with Crippen molar-refractivity contribution in [2.75, 3.05) is 20.5 Å². The van der Waals surface area contributed by atoms with E-state index in [2.05, 4.69) is 50.2 Å². The molecule has 0 bridgehead atoms. The first-order chi connectivity index (χ1) is 17.3. The van der Waals surface area contributed by atoms with Crippen LogP contribution in [0, 0.1) is 7.14 Å². The Labute approximate surface area is 237 Å². The molecule has 0 unspecified atom stereocenters. The van der Waals surface area contributed by atoms with Gasteiger partial charge >= 0.3 is 5.97 Å². The van der Waals surface area contributed by atoms with Gasteiger partial charge in [0, 0.05) is 9.13 Å². The highest BCUT2D eigenvalue weighted by Gasteiger charge is 2.34. The van der Waals surface area contributed by atoms with Gasteiger partial charge in [-0.15, -0.1) is 0 Å². The van der Waals surface area contributed by atoms with Crippen LogP contribution in [0.5, 0.6) is 17.2 Å². The van der Waals surface area contributed by atoms with Gasteiger partial charge < -0.3 is 18.9 Å². The quantitative estimate of drug-likeness (QED) is 0.294. The zero-order valence-corrected chi connectivity index (χ0v) is 24.6. The van der Waals surface area contributed by atoms with E-state index in [-0.39, 0.29) is 19.0 Å². The van der Waals surface area contributed by atoms with E-state index >= 15 is 0 Å². The van der Waals surface area contributed by atoms with Crippen molar-refractivity contribution in [1.29, 1.82) is 0 Å². The third kappa shape index (κ3) is 4.45. The molecule has 2 aliphatic heterocycles. The normalized spacial score (nSPS) is 16.6. The summed E-state index contributed by atoms with van der Waals surface area (Å²) in [6, 6.07) is 8.66. The summed E-state index contributed by atoms with van der Waals surface area (Å²) in [5, 5.41) is 0. The minimum Gasteiger partial charge on any atom is -0.495 e. The second-order valence-corrected chi connectivity index (χ2v) is 11.3. The summed E-state index contributed by atoms with van der Waals surface area (Å²) in [7, 11) is 1.61. The minimum atomic E-state index is -0.727. The third-order valence-electron chi connectivity index (χ3n) is 5.76. The number of benzene rings is 2. The number of hydrogen-bond donors (Lipinski definition) is 0. The first-order valence-corrected chi connectivity index (χ1v) is 13.9. The molecule has 0 aliphatic carbocycles. The lowest BCUT2D eigenvalue weighted by molar-refractivity contribution is -0.139. The van der Waals surface area contributed by atoms with Crippen molar-refractivity contribution in [2.24, 2.45) is 4.99 Å². The van der Waals surface area contributed by atoms with Gasteiger partial charge in [0.15, 0.2) is 16.3 Å². The number of methoxy groups -OCH3 is 1. The van der Waals surface area contributed by atoms with E-state index in [9.17, 15) is 9.59 Å². The van der Waals surface area contributed by atoms with Crippen molar-refractivity contribution >= 4 is 68.6 Å². The number of halogens is 2. The van der Waals surface area contributed by atoms with E-state index in [1.807, 2.05) is 24.3 Å². The van der Waals surface area contributed by atoms with E-state index in [0.29, 0.717) is 43.4 Å². The average molecular weight is 730 g/mol. The molecule has 0 saturated carbocycles. The van der Waals surface area contributed by atoms with Gasteiger partial charge in [-0.1, -0.05) is 17.4 Å². The number of carbonyl (C=O) groups excluding carboxylic acids is 1. The average Bonchev–Trinajstić information content (AvgIpc) is 3.42. The lowest BCUT2D eigenvalue weighted by Crippen LogP contribution is -2.39. The van der Waals surface area contributed by atoms with Crippen LogP contribution in [0.2, 0.25) is 0 Å². The smallest absolute Gasteiger partial charge is 0.338 e. The number of fused-ring (bicyclic) bond motifs is 2. The highest BCUT2D eigenvalue weighted by molar-refractivity contribution is 14.1. The summed E-state index contributed by atoms with van der Waals surface area (Å²) in [5.41, 5.74) is 2.05. The monoisotopic (exact) mass is 730 g/mol. The van der Waals surface area contributed by atoms with E-state index in [1.165, 1.54) is 11.3 Å². The van der Waals surface area contributed by atoms with Crippen molar-refractivity contribution in [3.8, 4) is 17.2 Å². The predicted octanol–water partition coefficient (Wildman–Crippen LogP) is 3.74. The molecule has 1 atom stereocenters. The molecule has 0 N–H and O–H groups in total. The SMILES string of the molecule is CCOC(=O)C1=C(C)N=c2s/c(=C\c3cc(I)cc(I)c3OC)c(=O)n2[C@@H]1c1ccc2c(c1)OCO2. The van der Waals surface area contributed by atoms with Gasteiger partial charge in [0.2, 0.25) is 6.79 Å². The molecule has 0 fully saturated rings. The highest BCUT2D eigenvalue weighted by atomic mass is 127. The largest absolute Gasteiger partial charge is 0.495 e. The van der Waals surface area contributed by atoms with E-state index in [1.54, 1.807) is 37.7 Å². The number of nitrogens with zero attached hydrogens (tertiary/aromatic N) is 2. The first kappa shape index (κ1) is 25.3. The molecule has 3 aromatic rings. The predicted molar refractivity (Wildman–Crippen MR) is 151 cm³/mol. The van der Waals surface area contributed by atoms with Gasteiger partial charge in [-0.2, -0.15) is 0 Å². The number of aromatic nitrogens is 1. The summed E-state index contributed by atoms with van der Waals surface area (Å²) >= 11 is 5.72. The standard InChI is InChI=1S/C25H20I2N2O6S/c1-4-33-24(31)20-12(2)28-25-29(21(20)13-5-6-17-18(8-13)35-11-34-17)23(30)19(36-25)9-14-7-15(26)10-16(27)22(14)32-3/h5-10,21H,4,11H2,1-3H3/b19-9-/t21-/m1/s1. The molecule has 0 radical (unpaired) electrons. The summed E-state index contributed by atoms with van der Waals surface area (Å²) in [6.07, 6.45) is 1.81. The Hall–Kier alpha value is -2.39. The second kappa shape index (κ2) is 10.2. The molecule has 36 heavy (non-hydrogen) atoms. The molecular weight excluding hydrogens is 710 g/mol. The fourth-order valence-corrected chi connectivity index (χ4v) is 7.38. The third-order valence-corrected chi connectivity index (χ3v) is 8.16. The van der Waals surface area contributed by atoms with Crippen LogP contribution in [0.25, 0.3) is 6.08 Å². The molecule has 0 amide bonds. The maximum Gasteiger partial charge on any atom is 0.338 e. The Morgan fingerprint density at radius 3 is 2.78 bits per heavy atom. The van der Waals surface area contributed by atoms with Crippen molar-refractivity contribution in [1.82, 2.24) is 4.57 Å². The molecule has 2 aliphatic rings. The molecule has 0 saturated heterocycles. The molecule has 186 valence electrons. The number of allylic oxidation sites excluding steroid dienone is 1. The Kier molecular flexibility index (Phi) is 7.14. The van der Waals surface area contributed by atoms with Gasteiger partial charge in [-0.3, -0.25) is 9.36 Å². The van der Waals surface area contributed by atoms with Crippen molar-refractivity contribution in [3.05, 3.63) is 79.6 Å². The zero-order valence-electron chi connectivity index (χ0n) is 19.5. The van der Waals surface area contributed by atoms with Crippen molar-refractivity contribution in [2.45, 2.75) is 19.9 Å². The molecule has 8 nitrogen and oxygen atoms in total. The first-order valence-electron chi connectivity index (χ1n) is 10.9. The van der Waals surface area contributed by atoms with E-state index in [4.69, 9.17) is 18.9 Å². The lowest BCUT2D eigenvalue weighted by Gasteiger charge is -2.24. The number of carbonyl (C=O) groups is 1. The van der Waals surface area contributed by atoms with Crippen LogP contribution in [-0.4, -0.2) is 31.0 Å². The summed E-state index contributed by atoms with van der Waals surface area (Å²) < 4.78 is 26.0. The van der Waals surface area contributed by atoms with Gasteiger partial charge in [0.25, 0.3) is 5.56 Å². The molecular formula is C25H20I2N2O6S. The molecule has 1 aromatic heterocycles. The van der Waals surface area contributed by atoms with Crippen LogP contribution in [0.3, 0.4) is 0 Å². The Bertz CT molecular complexity index is 1610. The molecule has 3 heterocycles. The van der Waals surface area contributed by atoms with Gasteiger partial charge in [0.1, 0.15) is 5.75 Å². The molecule has 0 spiro atoms. The Morgan fingerprint density at radius 1 is 1.25 bits per heavy atom. The fraction of sp³-hybridized carbons (Fsp3) is 0.240. The highest BCUT2D eigenvalue weighted by Crippen LogP contribution is 2.38. The summed E-state index contributed by atoms with van der Waals surface area (Å²) in [6.45, 7) is 3.83. The van der Waals surface area contributed by atoms with Gasteiger partial charge in [0.05, 0.1) is 39.1 Å². The summed E-state index contributed by atoms with van der Waals surface area (Å²) in [5.74, 6) is 1.36. The fourth-order valence-electron chi connectivity index (χ4n) is 4.23. The van der Waals surface area contributed by atoms with Crippen LogP contribution in [-0.2, 0) is 9.53 Å². The van der Waals surface area contributed by atoms with Crippen LogP contribution in [0.15, 0.2) is 51.4 Å². The number of rotatable bonds is 5. The Morgan fingerprint density at radius 2 is 2.03 bits per heavy atom. The van der Waals surface area contributed by atoms with Crippen LogP contribution in [0.4, 0.5) is 0 Å². The number of esters is 1. The zero-order chi connectivity index (χ0) is 25.6.